The van der Waals surface area contributed by atoms with E-state index in [1.54, 1.807) is 0 Å². The quantitative estimate of drug-likeness (QED) is 0.869. The second-order valence-electron chi connectivity index (χ2n) is 5.82. The van der Waals surface area contributed by atoms with Gasteiger partial charge in [-0.25, -0.2) is 4.98 Å². The van der Waals surface area contributed by atoms with E-state index in [0.29, 0.717) is 11.7 Å². The molecule has 1 aliphatic rings. The highest BCUT2D eigenvalue weighted by molar-refractivity contribution is 5.28. The summed E-state index contributed by atoms with van der Waals surface area (Å²) in [5.41, 5.74) is 6.86. The highest BCUT2D eigenvalue weighted by Gasteiger charge is 2.23. The predicted octanol–water partition coefficient (Wildman–Crippen LogP) is 3.06. The monoisotopic (exact) mass is 247 g/mol. The van der Waals surface area contributed by atoms with Crippen LogP contribution in [0.5, 0.6) is 0 Å². The van der Waals surface area contributed by atoms with Gasteiger partial charge in [-0.3, -0.25) is 4.90 Å². The van der Waals surface area contributed by atoms with Gasteiger partial charge >= 0.3 is 0 Å². The summed E-state index contributed by atoms with van der Waals surface area (Å²) in [5.74, 6) is 1.33. The van der Waals surface area contributed by atoms with Crippen molar-refractivity contribution in [3.8, 4) is 0 Å². The summed E-state index contributed by atoms with van der Waals surface area (Å²) in [6.07, 6.45) is 5.44. The third-order valence-corrected chi connectivity index (χ3v) is 3.63. The van der Waals surface area contributed by atoms with Crippen LogP contribution in [0.1, 0.15) is 45.2 Å². The molecule has 18 heavy (non-hydrogen) atoms. The maximum absolute atomic E-state index is 5.76. The third kappa shape index (κ3) is 3.70. The first kappa shape index (κ1) is 13.3. The number of anilines is 1. The molecule has 1 heterocycles. The van der Waals surface area contributed by atoms with Crippen molar-refractivity contribution < 1.29 is 0 Å². The minimum absolute atomic E-state index is 0.628. The van der Waals surface area contributed by atoms with E-state index < -0.39 is 0 Å². The van der Waals surface area contributed by atoms with Gasteiger partial charge < -0.3 is 5.73 Å². The molecule has 1 fully saturated rings. The Hall–Kier alpha value is -1.09. The molecular weight excluding hydrogens is 222 g/mol. The van der Waals surface area contributed by atoms with Crippen molar-refractivity contribution >= 4 is 5.82 Å². The molecule has 0 radical (unpaired) electrons. The molecule has 3 nitrogen and oxygen atoms in total. The molecule has 1 saturated carbocycles. The largest absolute Gasteiger partial charge is 0.384 e. The number of nitrogens with zero attached hydrogens (tertiary/aromatic N) is 2. The third-order valence-electron chi connectivity index (χ3n) is 3.63. The zero-order chi connectivity index (χ0) is 13.0. The number of aromatic nitrogens is 1. The van der Waals surface area contributed by atoms with Gasteiger partial charge in [0.2, 0.25) is 0 Å². The van der Waals surface area contributed by atoms with E-state index in [4.69, 9.17) is 5.73 Å². The molecule has 2 N–H and O–H groups in total. The Labute approximate surface area is 110 Å². The van der Waals surface area contributed by atoms with Crippen molar-refractivity contribution in [2.75, 3.05) is 12.3 Å². The molecule has 0 unspecified atom stereocenters. The molecule has 100 valence electrons. The van der Waals surface area contributed by atoms with Crippen molar-refractivity contribution in [1.82, 2.24) is 9.88 Å². The maximum atomic E-state index is 5.76. The number of nitrogen functional groups attached to an aromatic ring is 1. The topological polar surface area (TPSA) is 42.1 Å². The van der Waals surface area contributed by atoms with Gasteiger partial charge in [-0.2, -0.15) is 0 Å². The lowest BCUT2D eigenvalue weighted by atomic mass is 10.1. The van der Waals surface area contributed by atoms with Gasteiger partial charge in [0.15, 0.2) is 0 Å². The fraction of sp³-hybridized carbons (Fsp3) is 0.667. The Kier molecular flexibility index (Phi) is 4.59. The average molecular weight is 247 g/mol. The van der Waals surface area contributed by atoms with Crippen molar-refractivity contribution in [2.24, 2.45) is 5.92 Å². The SMILES string of the molecule is CC(C)CN(Cc1cccc(N)n1)C1CCCC1. The number of hydrogen-bond acceptors (Lipinski definition) is 3. The minimum atomic E-state index is 0.628. The van der Waals surface area contributed by atoms with Crippen LogP contribution in [0.2, 0.25) is 0 Å². The van der Waals surface area contributed by atoms with Crippen molar-refractivity contribution in [1.29, 1.82) is 0 Å². The van der Waals surface area contributed by atoms with Gasteiger partial charge in [0, 0.05) is 19.1 Å². The Morgan fingerprint density at radius 3 is 2.67 bits per heavy atom. The molecule has 1 aromatic rings. The zero-order valence-corrected chi connectivity index (χ0v) is 11.6. The van der Waals surface area contributed by atoms with Crippen LogP contribution in [0.3, 0.4) is 0 Å². The molecule has 3 heteroatoms. The summed E-state index contributed by atoms with van der Waals surface area (Å²) < 4.78 is 0. The lowest BCUT2D eigenvalue weighted by molar-refractivity contribution is 0.166. The molecule has 2 rings (SSSR count). The Morgan fingerprint density at radius 1 is 1.33 bits per heavy atom. The van der Waals surface area contributed by atoms with E-state index in [-0.39, 0.29) is 0 Å². The van der Waals surface area contributed by atoms with Gasteiger partial charge in [-0.05, 0) is 30.9 Å². The average Bonchev–Trinajstić information content (AvgIpc) is 2.80. The molecule has 0 aliphatic heterocycles. The highest BCUT2D eigenvalue weighted by atomic mass is 15.2. The number of rotatable bonds is 5. The molecule has 0 spiro atoms. The van der Waals surface area contributed by atoms with E-state index in [1.165, 1.54) is 25.7 Å². The van der Waals surface area contributed by atoms with Crippen LogP contribution < -0.4 is 5.73 Å². The first-order chi connectivity index (χ1) is 8.65. The minimum Gasteiger partial charge on any atom is -0.384 e. The Balaban J connectivity index is 2.04. The molecule has 0 atom stereocenters. The lowest BCUT2D eigenvalue weighted by Crippen LogP contribution is -2.36. The standard InChI is InChI=1S/C15H25N3/c1-12(2)10-18(14-7-3-4-8-14)11-13-6-5-9-15(16)17-13/h5-6,9,12,14H,3-4,7-8,10-11H2,1-2H3,(H2,16,17). The normalized spacial score (nSPS) is 16.9. The van der Waals surface area contributed by atoms with Crippen LogP contribution in [0.4, 0.5) is 5.82 Å². The Bertz CT molecular complexity index is 370. The fourth-order valence-corrected chi connectivity index (χ4v) is 2.88. The van der Waals surface area contributed by atoms with Crippen molar-refractivity contribution in [2.45, 2.75) is 52.1 Å². The number of nitrogens with two attached hydrogens (primary N) is 1. The second-order valence-corrected chi connectivity index (χ2v) is 5.82. The van der Waals surface area contributed by atoms with Crippen LogP contribution >= 0.6 is 0 Å². The molecule has 1 aromatic heterocycles. The summed E-state index contributed by atoms with van der Waals surface area (Å²) in [6.45, 7) is 6.67. The molecule has 0 saturated heterocycles. The van der Waals surface area contributed by atoms with Crippen molar-refractivity contribution in [3.05, 3.63) is 23.9 Å². The van der Waals surface area contributed by atoms with Crippen LogP contribution in [-0.2, 0) is 6.54 Å². The van der Waals surface area contributed by atoms with E-state index >= 15 is 0 Å². The Morgan fingerprint density at radius 2 is 2.06 bits per heavy atom. The summed E-state index contributed by atoms with van der Waals surface area (Å²) >= 11 is 0. The van der Waals surface area contributed by atoms with E-state index in [9.17, 15) is 0 Å². The van der Waals surface area contributed by atoms with Gasteiger partial charge in [0.1, 0.15) is 5.82 Å². The maximum Gasteiger partial charge on any atom is 0.123 e. The first-order valence-corrected chi connectivity index (χ1v) is 7.10. The number of pyridine rings is 1. The highest BCUT2D eigenvalue weighted by Crippen LogP contribution is 2.25. The second kappa shape index (κ2) is 6.19. The van der Waals surface area contributed by atoms with Crippen molar-refractivity contribution in [3.63, 3.8) is 0 Å². The van der Waals surface area contributed by atoms with E-state index in [2.05, 4.69) is 29.8 Å². The van der Waals surface area contributed by atoms with Gasteiger partial charge in [-0.1, -0.05) is 32.8 Å². The number of hydrogen-bond donors (Lipinski definition) is 1. The predicted molar refractivity (Wildman–Crippen MR) is 76.2 cm³/mol. The van der Waals surface area contributed by atoms with Crippen LogP contribution in [0, 0.1) is 5.92 Å². The molecule has 0 aromatic carbocycles. The zero-order valence-electron chi connectivity index (χ0n) is 11.6. The summed E-state index contributed by atoms with van der Waals surface area (Å²) in [7, 11) is 0. The molecular formula is C15H25N3. The molecule has 0 amide bonds. The summed E-state index contributed by atoms with van der Waals surface area (Å²) in [6, 6.07) is 6.68. The lowest BCUT2D eigenvalue weighted by Gasteiger charge is -2.30. The van der Waals surface area contributed by atoms with E-state index in [0.717, 1.165) is 24.8 Å². The van der Waals surface area contributed by atoms with E-state index in [1.807, 2.05) is 12.1 Å². The molecule has 1 aliphatic carbocycles. The van der Waals surface area contributed by atoms with Gasteiger partial charge in [0.05, 0.1) is 5.69 Å². The summed E-state index contributed by atoms with van der Waals surface area (Å²) in [4.78, 5) is 7.02. The van der Waals surface area contributed by atoms with Gasteiger partial charge in [0.25, 0.3) is 0 Å². The van der Waals surface area contributed by atoms with Gasteiger partial charge in [-0.15, -0.1) is 0 Å². The molecule has 0 bridgehead atoms. The van der Waals surface area contributed by atoms with Crippen LogP contribution in [0.15, 0.2) is 18.2 Å². The summed E-state index contributed by atoms with van der Waals surface area (Å²) in [5, 5.41) is 0. The van der Waals surface area contributed by atoms with Crippen LogP contribution in [-0.4, -0.2) is 22.5 Å². The smallest absolute Gasteiger partial charge is 0.123 e. The van der Waals surface area contributed by atoms with Crippen LogP contribution in [0.25, 0.3) is 0 Å². The fourth-order valence-electron chi connectivity index (χ4n) is 2.88. The first-order valence-electron chi connectivity index (χ1n) is 7.10.